The maximum absolute atomic E-state index is 12.3. The molecule has 0 aliphatic heterocycles. The van der Waals surface area contributed by atoms with Crippen molar-refractivity contribution in [3.63, 3.8) is 0 Å². The van der Waals surface area contributed by atoms with Crippen LogP contribution in [0.25, 0.3) is 0 Å². The molecule has 1 atom stereocenters. The zero-order chi connectivity index (χ0) is 15.5. The van der Waals surface area contributed by atoms with E-state index in [1.807, 2.05) is 0 Å². The highest BCUT2D eigenvalue weighted by atomic mass is 19.4. The fourth-order valence-corrected chi connectivity index (χ4v) is 1.68. The minimum atomic E-state index is -4.33. The van der Waals surface area contributed by atoms with Crippen LogP contribution in [0.1, 0.15) is 12.5 Å². The number of nitrogens with zero attached hydrogens (tertiary/aromatic N) is 1. The Morgan fingerprint density at radius 3 is 2.55 bits per heavy atom. The molecule has 0 saturated carbocycles. The van der Waals surface area contributed by atoms with Crippen LogP contribution in [0.4, 0.5) is 24.5 Å². The van der Waals surface area contributed by atoms with E-state index >= 15 is 0 Å². The van der Waals surface area contributed by atoms with Gasteiger partial charge in [0.2, 0.25) is 5.91 Å². The lowest BCUT2D eigenvalue weighted by Crippen LogP contribution is -2.44. The predicted molar refractivity (Wildman–Crippen MR) is 72.4 cm³/mol. The van der Waals surface area contributed by atoms with E-state index in [-0.39, 0.29) is 0 Å². The maximum atomic E-state index is 12.3. The molecule has 20 heavy (non-hydrogen) atoms. The Morgan fingerprint density at radius 2 is 2.05 bits per heavy atom. The normalized spacial score (nSPS) is 13.3. The van der Waals surface area contributed by atoms with Crippen molar-refractivity contribution >= 4 is 17.3 Å². The van der Waals surface area contributed by atoms with E-state index in [2.05, 4.69) is 5.32 Å². The number of nitrogens with two attached hydrogens (primary N) is 1. The molecule has 0 aromatic heterocycles. The molecule has 1 aromatic carbocycles. The third-order valence-corrected chi connectivity index (χ3v) is 2.98. The summed E-state index contributed by atoms with van der Waals surface area (Å²) in [5.41, 5.74) is 7.44. The van der Waals surface area contributed by atoms with E-state index in [0.717, 1.165) is 10.5 Å². The van der Waals surface area contributed by atoms with Crippen LogP contribution in [0.5, 0.6) is 0 Å². The largest absolute Gasteiger partial charge is 0.401 e. The third kappa shape index (κ3) is 4.73. The summed E-state index contributed by atoms with van der Waals surface area (Å²) < 4.78 is 36.8. The van der Waals surface area contributed by atoms with Crippen LogP contribution < -0.4 is 11.1 Å². The molecule has 1 aromatic rings. The van der Waals surface area contributed by atoms with Crippen LogP contribution in [-0.4, -0.2) is 36.6 Å². The molecule has 0 radical (unpaired) electrons. The molecule has 3 N–H and O–H groups in total. The van der Waals surface area contributed by atoms with Crippen molar-refractivity contribution in [2.24, 2.45) is 0 Å². The molecule has 0 aliphatic rings. The summed E-state index contributed by atoms with van der Waals surface area (Å²) in [5, 5.41) is 2.60. The highest BCUT2D eigenvalue weighted by Gasteiger charge is 2.32. The highest BCUT2D eigenvalue weighted by molar-refractivity contribution is 5.95. The van der Waals surface area contributed by atoms with Gasteiger partial charge in [0.1, 0.15) is 0 Å². The van der Waals surface area contributed by atoms with Crippen molar-refractivity contribution < 1.29 is 18.0 Å². The topological polar surface area (TPSA) is 58.4 Å². The molecule has 1 rings (SSSR count). The van der Waals surface area contributed by atoms with E-state index in [1.54, 1.807) is 25.1 Å². The van der Waals surface area contributed by atoms with Crippen molar-refractivity contribution in [1.29, 1.82) is 0 Å². The number of aryl methyl sites for hydroxylation is 1. The fraction of sp³-hybridized carbons (Fsp3) is 0.462. The van der Waals surface area contributed by atoms with Crippen LogP contribution in [-0.2, 0) is 4.79 Å². The van der Waals surface area contributed by atoms with Gasteiger partial charge in [-0.05, 0) is 44.7 Å². The molecule has 112 valence electrons. The lowest BCUT2D eigenvalue weighted by atomic mass is 10.1. The summed E-state index contributed by atoms with van der Waals surface area (Å²) >= 11 is 0. The smallest absolute Gasteiger partial charge is 0.399 e. The Kier molecular flexibility index (Phi) is 4.99. The Hall–Kier alpha value is -1.76. The molecule has 0 aliphatic carbocycles. The van der Waals surface area contributed by atoms with Gasteiger partial charge in [0, 0.05) is 11.4 Å². The first-order chi connectivity index (χ1) is 9.10. The summed E-state index contributed by atoms with van der Waals surface area (Å²) in [4.78, 5) is 12.9. The van der Waals surface area contributed by atoms with Gasteiger partial charge in [-0.1, -0.05) is 0 Å². The standard InChI is InChI=1S/C13H18F3N3O/c1-8-6-10(17)4-5-11(8)18-12(20)9(2)19(3)7-13(14,15)16/h4-6,9H,7,17H2,1-3H3,(H,18,20). The molecule has 1 amide bonds. The number of hydrogen-bond acceptors (Lipinski definition) is 3. The first kappa shape index (κ1) is 16.3. The number of likely N-dealkylation sites (N-methyl/N-ethyl adjacent to an activating group) is 1. The second kappa shape index (κ2) is 6.13. The lowest BCUT2D eigenvalue weighted by molar-refractivity contribution is -0.149. The summed E-state index contributed by atoms with van der Waals surface area (Å²) in [6.07, 6.45) is -4.33. The molecule has 4 nitrogen and oxygen atoms in total. The number of halogens is 3. The van der Waals surface area contributed by atoms with E-state index in [0.29, 0.717) is 11.4 Å². The number of nitrogen functional groups attached to an aromatic ring is 1. The minimum Gasteiger partial charge on any atom is -0.399 e. The van der Waals surface area contributed by atoms with Crippen LogP contribution in [0, 0.1) is 6.92 Å². The Morgan fingerprint density at radius 1 is 1.45 bits per heavy atom. The van der Waals surface area contributed by atoms with Crippen LogP contribution in [0.15, 0.2) is 18.2 Å². The van der Waals surface area contributed by atoms with Gasteiger partial charge in [0.25, 0.3) is 0 Å². The first-order valence-electron chi connectivity index (χ1n) is 6.04. The molecule has 7 heteroatoms. The molecule has 0 saturated heterocycles. The Labute approximate surface area is 115 Å². The van der Waals surface area contributed by atoms with Crippen molar-refractivity contribution in [2.75, 3.05) is 24.6 Å². The van der Waals surface area contributed by atoms with Gasteiger partial charge in [-0.3, -0.25) is 9.69 Å². The number of nitrogens with one attached hydrogen (secondary N) is 1. The summed E-state index contributed by atoms with van der Waals surface area (Å²) in [5.74, 6) is -0.496. The van der Waals surface area contributed by atoms with Crippen molar-refractivity contribution in [3.8, 4) is 0 Å². The summed E-state index contributed by atoms with van der Waals surface area (Å²) in [7, 11) is 1.26. The molecule has 0 spiro atoms. The van der Waals surface area contributed by atoms with E-state index < -0.39 is 24.7 Å². The number of alkyl halides is 3. The van der Waals surface area contributed by atoms with Crippen molar-refractivity contribution in [2.45, 2.75) is 26.1 Å². The quantitative estimate of drug-likeness (QED) is 0.837. The van der Waals surface area contributed by atoms with E-state index in [1.165, 1.54) is 14.0 Å². The minimum absolute atomic E-state index is 0.496. The summed E-state index contributed by atoms with van der Waals surface area (Å²) in [6, 6.07) is 4.03. The van der Waals surface area contributed by atoms with Gasteiger partial charge < -0.3 is 11.1 Å². The number of carbonyl (C=O) groups excluding carboxylic acids is 1. The molecule has 0 fully saturated rings. The van der Waals surface area contributed by atoms with Crippen LogP contribution >= 0.6 is 0 Å². The van der Waals surface area contributed by atoms with Gasteiger partial charge in [0.15, 0.2) is 0 Å². The number of rotatable bonds is 4. The van der Waals surface area contributed by atoms with Crippen molar-refractivity contribution in [3.05, 3.63) is 23.8 Å². The average molecular weight is 289 g/mol. The number of benzene rings is 1. The second-order valence-corrected chi connectivity index (χ2v) is 4.77. The van der Waals surface area contributed by atoms with E-state index in [9.17, 15) is 18.0 Å². The SMILES string of the molecule is Cc1cc(N)ccc1NC(=O)C(C)N(C)CC(F)(F)F. The molecular weight excluding hydrogens is 271 g/mol. The van der Waals surface area contributed by atoms with Gasteiger partial charge >= 0.3 is 6.18 Å². The highest BCUT2D eigenvalue weighted by Crippen LogP contribution is 2.20. The van der Waals surface area contributed by atoms with Gasteiger partial charge in [0.05, 0.1) is 12.6 Å². The molecule has 0 heterocycles. The first-order valence-corrected chi connectivity index (χ1v) is 6.04. The van der Waals surface area contributed by atoms with Gasteiger partial charge in [-0.2, -0.15) is 13.2 Å². The molecule has 1 unspecified atom stereocenters. The Bertz CT molecular complexity index is 488. The molecule has 0 bridgehead atoms. The Balaban J connectivity index is 2.70. The summed E-state index contributed by atoms with van der Waals surface area (Å²) in [6.45, 7) is 2.05. The van der Waals surface area contributed by atoms with Crippen molar-refractivity contribution in [1.82, 2.24) is 4.90 Å². The average Bonchev–Trinajstić information content (AvgIpc) is 2.29. The third-order valence-electron chi connectivity index (χ3n) is 2.98. The second-order valence-electron chi connectivity index (χ2n) is 4.77. The number of anilines is 2. The zero-order valence-electron chi connectivity index (χ0n) is 11.6. The number of amides is 1. The zero-order valence-corrected chi connectivity index (χ0v) is 11.6. The molecular formula is C13H18F3N3O. The van der Waals surface area contributed by atoms with Crippen LogP contribution in [0.2, 0.25) is 0 Å². The number of hydrogen-bond donors (Lipinski definition) is 2. The maximum Gasteiger partial charge on any atom is 0.401 e. The lowest BCUT2D eigenvalue weighted by Gasteiger charge is -2.25. The van der Waals surface area contributed by atoms with Gasteiger partial charge in [-0.15, -0.1) is 0 Å². The predicted octanol–water partition coefficient (Wildman–Crippen LogP) is 2.40. The number of carbonyl (C=O) groups is 1. The van der Waals surface area contributed by atoms with Crippen LogP contribution in [0.3, 0.4) is 0 Å². The monoisotopic (exact) mass is 289 g/mol. The van der Waals surface area contributed by atoms with Gasteiger partial charge in [-0.25, -0.2) is 0 Å². The van der Waals surface area contributed by atoms with E-state index in [4.69, 9.17) is 5.73 Å². The fourth-order valence-electron chi connectivity index (χ4n) is 1.68.